The van der Waals surface area contributed by atoms with E-state index in [4.69, 9.17) is 5.73 Å². The minimum absolute atomic E-state index is 0.0447. The number of imidazole rings is 1. The van der Waals surface area contributed by atoms with Crippen molar-refractivity contribution in [2.75, 3.05) is 12.3 Å². The molecule has 1 aromatic rings. The molecule has 0 bridgehead atoms. The number of nitrogens with zero attached hydrogens (tertiary/aromatic N) is 1. The van der Waals surface area contributed by atoms with E-state index in [1.54, 1.807) is 0 Å². The topological polar surface area (TPSA) is 179 Å². The van der Waals surface area contributed by atoms with E-state index in [0.717, 1.165) is 0 Å². The first-order chi connectivity index (χ1) is 13.6. The Morgan fingerprint density at radius 3 is 2.41 bits per heavy atom. The monoisotopic (exact) mass is 428 g/mol. The van der Waals surface area contributed by atoms with Crippen molar-refractivity contribution in [3.8, 4) is 0 Å². The van der Waals surface area contributed by atoms with E-state index in [2.05, 4.69) is 38.5 Å². The predicted molar refractivity (Wildman–Crippen MR) is 108 cm³/mol. The maximum atomic E-state index is 12.7. The summed E-state index contributed by atoms with van der Waals surface area (Å²) in [5, 5.41) is 16.6. The average Bonchev–Trinajstić information content (AvgIpc) is 3.16. The van der Waals surface area contributed by atoms with E-state index < -0.39 is 41.8 Å². The molecule has 7 N–H and O–H groups in total. The molecule has 3 amide bonds. The van der Waals surface area contributed by atoms with E-state index in [1.165, 1.54) is 12.5 Å². The summed E-state index contributed by atoms with van der Waals surface area (Å²) in [4.78, 5) is 54.6. The third kappa shape index (κ3) is 8.96. The molecule has 29 heavy (non-hydrogen) atoms. The predicted octanol–water partition coefficient (Wildman–Crippen LogP) is -1.57. The fourth-order valence-electron chi connectivity index (χ4n) is 2.42. The standard InChI is InChI=1S/C17H28N6O5S/c1-9(2)3-13(17(27)28)23-16(26)12(4-10-5-19-8-21-10)22-14(24)6-20-15(25)11(18)7-29/h5,8-9,11-13,29H,3-4,6-7,18H2,1-2H3,(H,19,21)(H,20,25)(H,22,24)(H,23,26)(H,27,28). The summed E-state index contributed by atoms with van der Waals surface area (Å²) < 4.78 is 0. The lowest BCUT2D eigenvalue weighted by Gasteiger charge is -2.22. The summed E-state index contributed by atoms with van der Waals surface area (Å²) in [5.74, 6) is -2.83. The van der Waals surface area contributed by atoms with Crippen LogP contribution in [0.2, 0.25) is 0 Å². The van der Waals surface area contributed by atoms with E-state index in [1.807, 2.05) is 13.8 Å². The molecule has 0 aliphatic rings. The number of amides is 3. The summed E-state index contributed by atoms with van der Waals surface area (Å²) in [5.41, 5.74) is 6.09. The third-order valence-electron chi connectivity index (χ3n) is 3.91. The molecular weight excluding hydrogens is 400 g/mol. The van der Waals surface area contributed by atoms with E-state index >= 15 is 0 Å². The molecule has 3 atom stereocenters. The molecule has 0 spiro atoms. The number of carbonyl (C=O) groups is 4. The molecular formula is C17H28N6O5S. The van der Waals surface area contributed by atoms with Crippen molar-refractivity contribution in [3.05, 3.63) is 18.2 Å². The van der Waals surface area contributed by atoms with E-state index in [-0.39, 0.29) is 31.1 Å². The zero-order valence-electron chi connectivity index (χ0n) is 16.3. The van der Waals surface area contributed by atoms with Crippen molar-refractivity contribution in [1.82, 2.24) is 25.9 Å². The molecule has 0 aliphatic heterocycles. The van der Waals surface area contributed by atoms with Gasteiger partial charge in [0, 0.05) is 24.1 Å². The van der Waals surface area contributed by atoms with Gasteiger partial charge < -0.3 is 31.8 Å². The van der Waals surface area contributed by atoms with Crippen molar-refractivity contribution < 1.29 is 24.3 Å². The Kier molecular flexibility index (Phi) is 10.2. The zero-order valence-corrected chi connectivity index (χ0v) is 17.2. The van der Waals surface area contributed by atoms with Gasteiger partial charge in [-0.05, 0) is 12.3 Å². The Morgan fingerprint density at radius 1 is 1.21 bits per heavy atom. The average molecular weight is 429 g/mol. The van der Waals surface area contributed by atoms with Gasteiger partial charge in [-0.25, -0.2) is 9.78 Å². The van der Waals surface area contributed by atoms with Crippen molar-refractivity contribution in [1.29, 1.82) is 0 Å². The first-order valence-corrected chi connectivity index (χ1v) is 9.71. The number of carbonyl (C=O) groups excluding carboxylic acids is 3. The molecule has 0 radical (unpaired) electrons. The van der Waals surface area contributed by atoms with Gasteiger partial charge >= 0.3 is 5.97 Å². The molecule has 0 saturated carbocycles. The number of nitrogens with two attached hydrogens (primary N) is 1. The Hall–Kier alpha value is -2.60. The van der Waals surface area contributed by atoms with Gasteiger partial charge in [-0.2, -0.15) is 12.6 Å². The first kappa shape index (κ1) is 24.4. The van der Waals surface area contributed by atoms with Gasteiger partial charge in [0.1, 0.15) is 12.1 Å². The van der Waals surface area contributed by atoms with Crippen LogP contribution in [0.15, 0.2) is 12.5 Å². The van der Waals surface area contributed by atoms with Crippen molar-refractivity contribution >= 4 is 36.3 Å². The van der Waals surface area contributed by atoms with Crippen LogP contribution in [0.5, 0.6) is 0 Å². The number of H-pyrrole nitrogens is 1. The third-order valence-corrected chi connectivity index (χ3v) is 4.30. The summed E-state index contributed by atoms with van der Waals surface area (Å²) in [7, 11) is 0. The number of carboxylic acid groups (broad SMARTS) is 1. The quantitative estimate of drug-likeness (QED) is 0.196. The minimum atomic E-state index is -1.16. The number of aromatic nitrogens is 2. The van der Waals surface area contributed by atoms with Crippen LogP contribution >= 0.6 is 12.6 Å². The van der Waals surface area contributed by atoms with Crippen LogP contribution in [0.25, 0.3) is 0 Å². The largest absolute Gasteiger partial charge is 0.480 e. The lowest BCUT2D eigenvalue weighted by Crippen LogP contribution is -2.54. The van der Waals surface area contributed by atoms with E-state index in [0.29, 0.717) is 5.69 Å². The molecule has 1 heterocycles. The highest BCUT2D eigenvalue weighted by Gasteiger charge is 2.27. The lowest BCUT2D eigenvalue weighted by atomic mass is 10.0. The molecule has 0 fully saturated rings. The molecule has 12 heteroatoms. The Morgan fingerprint density at radius 2 is 1.90 bits per heavy atom. The number of hydrogen-bond donors (Lipinski definition) is 7. The number of aliphatic carboxylic acids is 1. The highest BCUT2D eigenvalue weighted by Crippen LogP contribution is 2.06. The molecule has 162 valence electrons. The van der Waals surface area contributed by atoms with Crippen molar-refractivity contribution in [3.63, 3.8) is 0 Å². The molecule has 0 aliphatic carbocycles. The number of thiol groups is 1. The summed E-state index contributed by atoms with van der Waals surface area (Å²) >= 11 is 3.91. The molecule has 3 unspecified atom stereocenters. The van der Waals surface area contributed by atoms with Gasteiger partial charge in [0.2, 0.25) is 17.7 Å². The second-order valence-corrected chi connectivity index (χ2v) is 7.30. The molecule has 0 aromatic carbocycles. The SMILES string of the molecule is CC(C)CC(NC(=O)C(Cc1cnc[nH]1)NC(=O)CNC(=O)C(N)CS)C(=O)O. The fourth-order valence-corrected chi connectivity index (χ4v) is 2.58. The Balaban J connectivity index is 2.79. The van der Waals surface area contributed by atoms with Crippen molar-refractivity contribution in [2.24, 2.45) is 11.7 Å². The van der Waals surface area contributed by atoms with E-state index in [9.17, 15) is 24.3 Å². The Bertz CT molecular complexity index is 696. The maximum absolute atomic E-state index is 12.7. The van der Waals surface area contributed by atoms with Crippen molar-refractivity contribution in [2.45, 2.75) is 44.8 Å². The summed E-state index contributed by atoms with van der Waals surface area (Å²) in [6, 6.07) is -3.01. The van der Waals surface area contributed by atoms with Crippen LogP contribution in [-0.2, 0) is 25.6 Å². The first-order valence-electron chi connectivity index (χ1n) is 9.08. The van der Waals surface area contributed by atoms with Gasteiger partial charge in [-0.3, -0.25) is 14.4 Å². The number of aromatic amines is 1. The van der Waals surface area contributed by atoms with Gasteiger partial charge in [-0.1, -0.05) is 13.8 Å². The second kappa shape index (κ2) is 12.1. The molecule has 0 saturated heterocycles. The highest BCUT2D eigenvalue weighted by molar-refractivity contribution is 7.80. The number of nitrogens with one attached hydrogen (secondary N) is 4. The maximum Gasteiger partial charge on any atom is 0.326 e. The zero-order chi connectivity index (χ0) is 22.0. The summed E-state index contributed by atoms with van der Waals surface area (Å²) in [6.07, 6.45) is 3.21. The molecule has 1 rings (SSSR count). The van der Waals surface area contributed by atoms with Gasteiger partial charge in [0.15, 0.2) is 0 Å². The van der Waals surface area contributed by atoms with Crippen LogP contribution in [-0.4, -0.2) is 69.2 Å². The van der Waals surface area contributed by atoms with Crippen LogP contribution in [0.3, 0.4) is 0 Å². The number of carboxylic acids is 1. The van der Waals surface area contributed by atoms with Crippen LogP contribution in [0, 0.1) is 5.92 Å². The minimum Gasteiger partial charge on any atom is -0.480 e. The Labute approximate surface area is 174 Å². The number of rotatable bonds is 12. The van der Waals surface area contributed by atoms with Crippen LogP contribution in [0.1, 0.15) is 26.0 Å². The molecule has 11 nitrogen and oxygen atoms in total. The second-order valence-electron chi connectivity index (χ2n) is 6.94. The smallest absolute Gasteiger partial charge is 0.326 e. The number of hydrogen-bond acceptors (Lipinski definition) is 7. The summed E-state index contributed by atoms with van der Waals surface area (Å²) in [6.45, 7) is 3.29. The normalized spacial score (nSPS) is 14.0. The van der Waals surface area contributed by atoms with Gasteiger partial charge in [0.05, 0.1) is 18.9 Å². The fraction of sp³-hybridized carbons (Fsp3) is 0.588. The highest BCUT2D eigenvalue weighted by atomic mass is 32.1. The lowest BCUT2D eigenvalue weighted by molar-refractivity contribution is -0.142. The van der Waals surface area contributed by atoms with Gasteiger partial charge in [0.25, 0.3) is 0 Å². The van der Waals surface area contributed by atoms with Gasteiger partial charge in [-0.15, -0.1) is 0 Å². The van der Waals surface area contributed by atoms with Crippen LogP contribution < -0.4 is 21.7 Å². The molecule has 1 aromatic heterocycles. The van der Waals surface area contributed by atoms with Crippen LogP contribution in [0.4, 0.5) is 0 Å².